The van der Waals surface area contributed by atoms with E-state index in [1.807, 2.05) is 0 Å². The van der Waals surface area contributed by atoms with E-state index in [9.17, 15) is 0 Å². The first-order valence-electron chi connectivity index (χ1n) is 4.06. The third-order valence-corrected chi connectivity index (χ3v) is 1.65. The lowest BCUT2D eigenvalue weighted by Gasteiger charge is -2.05. The summed E-state index contributed by atoms with van der Waals surface area (Å²) < 4.78 is 0. The van der Waals surface area contributed by atoms with E-state index in [2.05, 4.69) is 10.9 Å². The second-order valence-corrected chi connectivity index (χ2v) is 2.68. The van der Waals surface area contributed by atoms with Crippen LogP contribution >= 0.6 is 0 Å². The molecule has 11 heavy (non-hydrogen) atoms. The van der Waals surface area contributed by atoms with Gasteiger partial charge in [0.05, 0.1) is 0 Å². The molecule has 1 aliphatic rings. The van der Waals surface area contributed by atoms with Gasteiger partial charge >= 0.3 is 0 Å². The van der Waals surface area contributed by atoms with Gasteiger partial charge in [0.15, 0.2) is 0 Å². The van der Waals surface area contributed by atoms with Gasteiger partial charge in [-0.1, -0.05) is 38.5 Å². The van der Waals surface area contributed by atoms with Crippen LogP contribution < -0.4 is 17.3 Å². The molecule has 66 valence electrons. The van der Waals surface area contributed by atoms with Crippen LogP contribution in [0, 0.1) is 0 Å². The van der Waals surface area contributed by atoms with Crippen molar-refractivity contribution in [2.45, 2.75) is 38.5 Å². The van der Waals surface area contributed by atoms with Crippen molar-refractivity contribution in [2.24, 2.45) is 22.4 Å². The average Bonchev–Trinajstić information content (AvgIpc) is 2.09. The van der Waals surface area contributed by atoms with E-state index in [-0.39, 0.29) is 5.96 Å². The molecule has 0 aliphatic heterocycles. The Morgan fingerprint density at radius 1 is 0.818 bits per heavy atom. The molecule has 1 fully saturated rings. The molecule has 4 nitrogen and oxygen atoms in total. The zero-order chi connectivity index (χ0) is 8.53. The van der Waals surface area contributed by atoms with Crippen LogP contribution in [-0.2, 0) is 0 Å². The Bertz CT molecular complexity index is 91.5. The van der Waals surface area contributed by atoms with Crippen LogP contribution in [0.3, 0.4) is 0 Å². The van der Waals surface area contributed by atoms with Crippen LogP contribution in [0.4, 0.5) is 0 Å². The number of hydrogen-bond acceptors (Lipinski definition) is 2. The molecule has 1 aliphatic carbocycles. The summed E-state index contributed by atoms with van der Waals surface area (Å²) in [5, 5.41) is 2.86. The SMILES string of the molecule is C1CCCCC1.NN=C(N)N. The fourth-order valence-corrected chi connectivity index (χ4v) is 1.06. The van der Waals surface area contributed by atoms with Crippen LogP contribution in [0.1, 0.15) is 38.5 Å². The predicted molar refractivity (Wildman–Crippen MR) is 47.7 cm³/mol. The van der Waals surface area contributed by atoms with Gasteiger partial charge < -0.3 is 17.3 Å². The first kappa shape index (κ1) is 10.1. The molecule has 0 spiro atoms. The van der Waals surface area contributed by atoms with Crippen molar-refractivity contribution in [3.63, 3.8) is 0 Å². The van der Waals surface area contributed by atoms with E-state index in [0.717, 1.165) is 0 Å². The maximum Gasteiger partial charge on any atom is 0.208 e. The maximum absolute atomic E-state index is 4.69. The standard InChI is InChI=1S/C6H12.CH6N4/c1-2-4-6-5-3-1;2-1(3)5-4/h1-6H2;4H2,(H4,2,3,5). The molecule has 0 unspecified atom stereocenters. The monoisotopic (exact) mass is 158 g/mol. The molecule has 0 atom stereocenters. The Hall–Kier alpha value is -0.930. The van der Waals surface area contributed by atoms with E-state index in [1.54, 1.807) is 0 Å². The molecule has 0 aromatic carbocycles. The molecule has 0 saturated heterocycles. The summed E-state index contributed by atoms with van der Waals surface area (Å²) in [5.74, 6) is 4.42. The molecule has 0 bridgehead atoms. The number of nitrogens with zero attached hydrogens (tertiary/aromatic N) is 1. The minimum absolute atomic E-state index is 0.0926. The minimum atomic E-state index is -0.0926. The van der Waals surface area contributed by atoms with Crippen molar-refractivity contribution in [1.82, 2.24) is 0 Å². The molecular weight excluding hydrogens is 140 g/mol. The van der Waals surface area contributed by atoms with Gasteiger partial charge in [-0.25, -0.2) is 0 Å². The molecule has 0 amide bonds. The first-order valence-corrected chi connectivity index (χ1v) is 4.06. The summed E-state index contributed by atoms with van der Waals surface area (Å²) in [7, 11) is 0. The molecule has 0 aromatic heterocycles. The van der Waals surface area contributed by atoms with Crippen molar-refractivity contribution in [1.29, 1.82) is 0 Å². The first-order chi connectivity index (χ1) is 5.27. The Kier molecular flexibility index (Phi) is 6.57. The second-order valence-electron chi connectivity index (χ2n) is 2.68. The van der Waals surface area contributed by atoms with Crippen molar-refractivity contribution in [2.75, 3.05) is 0 Å². The van der Waals surface area contributed by atoms with E-state index in [4.69, 9.17) is 11.5 Å². The maximum atomic E-state index is 4.69. The number of guanidine groups is 1. The molecule has 4 heteroatoms. The molecule has 1 rings (SSSR count). The summed E-state index contributed by atoms with van der Waals surface area (Å²) >= 11 is 0. The van der Waals surface area contributed by atoms with Gasteiger partial charge in [-0.15, -0.1) is 5.10 Å². The van der Waals surface area contributed by atoms with Crippen molar-refractivity contribution in [3.05, 3.63) is 0 Å². The van der Waals surface area contributed by atoms with Gasteiger partial charge in [-0.3, -0.25) is 0 Å². The Balaban J connectivity index is 0.000000187. The summed E-state index contributed by atoms with van der Waals surface area (Å²) in [5.41, 5.74) is 9.39. The van der Waals surface area contributed by atoms with Gasteiger partial charge in [-0.2, -0.15) is 0 Å². The molecular formula is C7H18N4. The largest absolute Gasteiger partial charge is 0.369 e. The molecule has 1 saturated carbocycles. The second kappa shape index (κ2) is 7.18. The fraction of sp³-hybridized carbons (Fsp3) is 0.857. The Morgan fingerprint density at radius 2 is 1.00 bits per heavy atom. The summed E-state index contributed by atoms with van der Waals surface area (Å²) in [6.07, 6.45) is 9.00. The van der Waals surface area contributed by atoms with Gasteiger partial charge in [0.1, 0.15) is 0 Å². The summed E-state index contributed by atoms with van der Waals surface area (Å²) in [6.45, 7) is 0. The average molecular weight is 158 g/mol. The van der Waals surface area contributed by atoms with Gasteiger partial charge in [-0.05, 0) is 0 Å². The third-order valence-electron chi connectivity index (χ3n) is 1.65. The van der Waals surface area contributed by atoms with Crippen LogP contribution in [-0.4, -0.2) is 5.96 Å². The summed E-state index contributed by atoms with van der Waals surface area (Å²) in [6, 6.07) is 0. The molecule has 0 heterocycles. The Morgan fingerprint density at radius 3 is 1.09 bits per heavy atom. The van der Waals surface area contributed by atoms with E-state index in [1.165, 1.54) is 38.5 Å². The van der Waals surface area contributed by atoms with Gasteiger partial charge in [0, 0.05) is 0 Å². The zero-order valence-corrected chi connectivity index (χ0v) is 6.92. The number of hydrogen-bond donors (Lipinski definition) is 3. The van der Waals surface area contributed by atoms with Crippen LogP contribution in [0.2, 0.25) is 0 Å². The number of nitrogens with two attached hydrogens (primary N) is 3. The fourth-order valence-electron chi connectivity index (χ4n) is 1.06. The van der Waals surface area contributed by atoms with Gasteiger partial charge in [0.2, 0.25) is 5.96 Å². The minimum Gasteiger partial charge on any atom is -0.369 e. The highest BCUT2D eigenvalue weighted by molar-refractivity contribution is 5.75. The van der Waals surface area contributed by atoms with Crippen LogP contribution in [0.5, 0.6) is 0 Å². The van der Waals surface area contributed by atoms with Crippen molar-refractivity contribution in [3.8, 4) is 0 Å². The lowest BCUT2D eigenvalue weighted by Crippen LogP contribution is -2.23. The zero-order valence-electron chi connectivity index (χ0n) is 6.92. The van der Waals surface area contributed by atoms with Crippen LogP contribution in [0.25, 0.3) is 0 Å². The quantitative estimate of drug-likeness (QED) is 0.207. The normalized spacial score (nSPS) is 16.0. The molecule has 0 aromatic rings. The topological polar surface area (TPSA) is 90.4 Å². The molecule has 0 radical (unpaired) electrons. The smallest absolute Gasteiger partial charge is 0.208 e. The lowest BCUT2D eigenvalue weighted by atomic mass is 10.0. The third kappa shape index (κ3) is 9.07. The number of hydrazone groups is 1. The highest BCUT2D eigenvalue weighted by atomic mass is 15.2. The summed E-state index contributed by atoms with van der Waals surface area (Å²) in [4.78, 5) is 0. The highest BCUT2D eigenvalue weighted by Gasteiger charge is 1.95. The van der Waals surface area contributed by atoms with Crippen LogP contribution in [0.15, 0.2) is 5.10 Å². The van der Waals surface area contributed by atoms with Gasteiger partial charge in [0.25, 0.3) is 0 Å². The van der Waals surface area contributed by atoms with Crippen molar-refractivity contribution >= 4 is 5.96 Å². The Labute approximate surface area is 67.8 Å². The lowest BCUT2D eigenvalue weighted by molar-refractivity contribution is 0.504. The molecule has 6 N–H and O–H groups in total. The number of rotatable bonds is 0. The highest BCUT2D eigenvalue weighted by Crippen LogP contribution is 2.15. The predicted octanol–water partition coefficient (Wildman–Crippen LogP) is 0.474. The van der Waals surface area contributed by atoms with Crippen molar-refractivity contribution < 1.29 is 0 Å². The van der Waals surface area contributed by atoms with E-state index < -0.39 is 0 Å². The van der Waals surface area contributed by atoms with E-state index >= 15 is 0 Å². The van der Waals surface area contributed by atoms with E-state index in [0.29, 0.717) is 0 Å².